The van der Waals surface area contributed by atoms with Crippen molar-refractivity contribution >= 4 is 50.7 Å². The third-order valence-electron chi connectivity index (χ3n) is 6.24. The van der Waals surface area contributed by atoms with E-state index >= 15 is 0 Å². The van der Waals surface area contributed by atoms with Crippen molar-refractivity contribution in [1.82, 2.24) is 10.2 Å². The summed E-state index contributed by atoms with van der Waals surface area (Å²) in [6.07, 6.45) is 2.79. The lowest BCUT2D eigenvalue weighted by atomic mass is 10.0. The molecule has 7 nitrogen and oxygen atoms in total. The molecule has 1 atom stereocenters. The number of benzene rings is 3. The Morgan fingerprint density at radius 1 is 0.975 bits per heavy atom. The molecular weight excluding hydrogens is 576 g/mol. The Morgan fingerprint density at radius 3 is 2.25 bits per heavy atom. The molecule has 0 aromatic heterocycles. The maximum atomic E-state index is 14.0. The van der Waals surface area contributed by atoms with Gasteiger partial charge < -0.3 is 10.2 Å². The first-order valence-corrected chi connectivity index (χ1v) is 15.4. The highest BCUT2D eigenvalue weighted by Gasteiger charge is 2.33. The van der Waals surface area contributed by atoms with Crippen molar-refractivity contribution in [1.29, 1.82) is 0 Å². The molecule has 3 aromatic carbocycles. The van der Waals surface area contributed by atoms with Crippen LogP contribution in [0.3, 0.4) is 0 Å². The smallest absolute Gasteiger partial charge is 0.244 e. The molecule has 3 aromatic rings. The van der Waals surface area contributed by atoms with Gasteiger partial charge in [0.25, 0.3) is 0 Å². The Labute approximate surface area is 244 Å². The van der Waals surface area contributed by atoms with Crippen LogP contribution in [-0.2, 0) is 32.6 Å². The molecule has 11 heteroatoms. The van der Waals surface area contributed by atoms with Crippen LogP contribution in [0.4, 0.5) is 10.1 Å². The number of sulfonamides is 1. The van der Waals surface area contributed by atoms with E-state index in [0.717, 1.165) is 41.1 Å². The van der Waals surface area contributed by atoms with Crippen LogP contribution in [0.1, 0.15) is 30.9 Å². The topological polar surface area (TPSA) is 86.8 Å². The maximum Gasteiger partial charge on any atom is 0.244 e. The molecule has 2 amide bonds. The Balaban J connectivity index is 2.03. The molecule has 0 aliphatic carbocycles. The van der Waals surface area contributed by atoms with E-state index in [1.165, 1.54) is 11.0 Å². The molecule has 40 heavy (non-hydrogen) atoms. The third-order valence-corrected chi connectivity index (χ3v) is 7.92. The number of carbonyl (C=O) groups is 2. The lowest BCUT2D eigenvalue weighted by molar-refractivity contribution is -0.140. The number of carbonyl (C=O) groups excluding carboxylic acids is 2. The van der Waals surface area contributed by atoms with E-state index in [1.807, 2.05) is 37.3 Å². The molecule has 3 rings (SSSR count). The quantitative estimate of drug-likeness (QED) is 0.262. The van der Waals surface area contributed by atoms with E-state index in [4.69, 9.17) is 23.2 Å². The first-order valence-electron chi connectivity index (χ1n) is 12.8. The minimum atomic E-state index is -3.99. The van der Waals surface area contributed by atoms with Gasteiger partial charge in [-0.25, -0.2) is 12.8 Å². The molecule has 1 N–H and O–H groups in total. The average molecular weight is 609 g/mol. The van der Waals surface area contributed by atoms with Crippen molar-refractivity contribution in [2.24, 2.45) is 0 Å². The number of hydrogen-bond donors (Lipinski definition) is 1. The molecule has 0 unspecified atom stereocenters. The number of halogens is 3. The average Bonchev–Trinajstić information content (AvgIpc) is 2.92. The lowest BCUT2D eigenvalue weighted by Gasteiger charge is -2.33. The second-order valence-electron chi connectivity index (χ2n) is 9.37. The highest BCUT2D eigenvalue weighted by atomic mass is 35.5. The Morgan fingerprint density at radius 2 is 1.65 bits per heavy atom. The summed E-state index contributed by atoms with van der Waals surface area (Å²) < 4.78 is 40.2. The van der Waals surface area contributed by atoms with Gasteiger partial charge >= 0.3 is 0 Å². The van der Waals surface area contributed by atoms with Gasteiger partial charge in [0.15, 0.2) is 0 Å². The molecule has 0 saturated carbocycles. The fraction of sp³-hybridized carbons (Fsp3) is 0.310. The van der Waals surface area contributed by atoms with Gasteiger partial charge in [-0.3, -0.25) is 13.9 Å². The number of rotatable bonds is 13. The summed E-state index contributed by atoms with van der Waals surface area (Å²) in [7, 11) is -3.99. The van der Waals surface area contributed by atoms with Gasteiger partial charge in [0.2, 0.25) is 21.8 Å². The van der Waals surface area contributed by atoms with Crippen molar-refractivity contribution in [2.45, 2.75) is 38.8 Å². The Bertz CT molecular complexity index is 1410. The molecule has 0 bridgehead atoms. The van der Waals surface area contributed by atoms with E-state index in [1.54, 1.807) is 24.3 Å². The zero-order valence-electron chi connectivity index (χ0n) is 22.3. The highest BCUT2D eigenvalue weighted by molar-refractivity contribution is 7.92. The third kappa shape index (κ3) is 8.94. The minimum absolute atomic E-state index is 0.0243. The van der Waals surface area contributed by atoms with E-state index in [-0.39, 0.29) is 29.6 Å². The predicted molar refractivity (Wildman–Crippen MR) is 157 cm³/mol. The van der Waals surface area contributed by atoms with Crippen LogP contribution in [0.5, 0.6) is 0 Å². The van der Waals surface area contributed by atoms with Crippen molar-refractivity contribution < 1.29 is 22.4 Å². The van der Waals surface area contributed by atoms with Crippen molar-refractivity contribution in [3.8, 4) is 0 Å². The number of hydrogen-bond acceptors (Lipinski definition) is 4. The minimum Gasteiger partial charge on any atom is -0.354 e. The van der Waals surface area contributed by atoms with Gasteiger partial charge in [0, 0.05) is 24.5 Å². The molecule has 0 saturated heterocycles. The first kappa shape index (κ1) is 31.4. The number of amides is 2. The van der Waals surface area contributed by atoms with Crippen LogP contribution >= 0.6 is 23.2 Å². The van der Waals surface area contributed by atoms with Crippen LogP contribution in [-0.4, -0.2) is 50.5 Å². The van der Waals surface area contributed by atoms with E-state index in [2.05, 4.69) is 5.32 Å². The second kappa shape index (κ2) is 14.5. The van der Waals surface area contributed by atoms with Crippen LogP contribution in [0, 0.1) is 5.82 Å². The molecule has 0 aliphatic heterocycles. The molecule has 0 radical (unpaired) electrons. The Kier molecular flexibility index (Phi) is 11.4. The fourth-order valence-electron chi connectivity index (χ4n) is 4.10. The monoisotopic (exact) mass is 607 g/mol. The van der Waals surface area contributed by atoms with Crippen molar-refractivity contribution in [2.75, 3.05) is 23.7 Å². The summed E-state index contributed by atoms with van der Waals surface area (Å²) in [6, 6.07) is 18.6. The summed E-state index contributed by atoms with van der Waals surface area (Å²) in [5.74, 6) is -1.69. The molecule has 0 spiro atoms. The standard InChI is InChI=1S/C29H32Cl2FN3O4S/c1-3-4-16-33-29(37)27(17-21-8-6-5-7-9-21)34(19-22-10-12-23(30)13-11-22)28(36)20-35(40(2,38)39)24-14-15-26(32)25(31)18-24/h5-15,18,27H,3-4,16-17,19-20H2,1-2H3,(H,33,37)/t27-/m1/s1. The van der Waals surface area contributed by atoms with Crippen LogP contribution < -0.4 is 9.62 Å². The zero-order chi connectivity index (χ0) is 29.3. The fourth-order valence-corrected chi connectivity index (χ4v) is 5.24. The molecular formula is C29H32Cl2FN3O4S. The molecule has 0 fully saturated rings. The zero-order valence-corrected chi connectivity index (χ0v) is 24.6. The predicted octanol–water partition coefficient (Wildman–Crippen LogP) is 5.45. The van der Waals surface area contributed by atoms with E-state index in [0.29, 0.717) is 17.1 Å². The highest BCUT2D eigenvalue weighted by Crippen LogP contribution is 2.25. The SMILES string of the molecule is CCCCNC(=O)[C@@H](Cc1ccccc1)N(Cc1ccc(Cl)cc1)C(=O)CN(c1ccc(F)c(Cl)c1)S(C)(=O)=O. The number of unbranched alkanes of at least 4 members (excludes halogenated alkanes) is 1. The Hall–Kier alpha value is -3.14. The van der Waals surface area contributed by atoms with Crippen molar-refractivity contribution in [3.63, 3.8) is 0 Å². The van der Waals surface area contributed by atoms with Gasteiger partial charge in [-0.2, -0.15) is 0 Å². The van der Waals surface area contributed by atoms with Gasteiger partial charge in [0.1, 0.15) is 18.4 Å². The first-order chi connectivity index (χ1) is 19.0. The van der Waals surface area contributed by atoms with Gasteiger partial charge in [-0.1, -0.05) is 79.0 Å². The molecule has 214 valence electrons. The van der Waals surface area contributed by atoms with Gasteiger partial charge in [-0.05, 0) is 47.9 Å². The van der Waals surface area contributed by atoms with E-state index < -0.39 is 34.3 Å². The van der Waals surface area contributed by atoms with Crippen LogP contribution in [0.2, 0.25) is 10.0 Å². The summed E-state index contributed by atoms with van der Waals surface area (Å²) in [5.41, 5.74) is 1.56. The summed E-state index contributed by atoms with van der Waals surface area (Å²) in [5, 5.41) is 3.15. The van der Waals surface area contributed by atoms with E-state index in [9.17, 15) is 22.4 Å². The summed E-state index contributed by atoms with van der Waals surface area (Å²) in [4.78, 5) is 28.9. The largest absolute Gasteiger partial charge is 0.354 e. The number of anilines is 1. The molecule has 0 heterocycles. The second-order valence-corrected chi connectivity index (χ2v) is 12.1. The number of nitrogens with zero attached hydrogens (tertiary/aromatic N) is 2. The van der Waals surface area contributed by atoms with Gasteiger partial charge in [0.05, 0.1) is 17.0 Å². The summed E-state index contributed by atoms with van der Waals surface area (Å²) >= 11 is 12.0. The van der Waals surface area contributed by atoms with Gasteiger partial charge in [-0.15, -0.1) is 0 Å². The van der Waals surface area contributed by atoms with Crippen LogP contribution in [0.15, 0.2) is 72.8 Å². The lowest BCUT2D eigenvalue weighted by Crippen LogP contribution is -2.53. The van der Waals surface area contributed by atoms with Crippen LogP contribution in [0.25, 0.3) is 0 Å². The molecule has 0 aliphatic rings. The summed E-state index contributed by atoms with van der Waals surface area (Å²) in [6.45, 7) is 1.84. The van der Waals surface area contributed by atoms with Crippen molar-refractivity contribution in [3.05, 3.63) is 99.8 Å². The maximum absolute atomic E-state index is 14.0. The normalized spacial score (nSPS) is 12.0. The number of nitrogens with one attached hydrogen (secondary N) is 1.